The van der Waals surface area contributed by atoms with Crippen molar-refractivity contribution in [2.75, 3.05) is 31.2 Å². The van der Waals surface area contributed by atoms with Crippen LogP contribution in [0.25, 0.3) is 0 Å². The van der Waals surface area contributed by atoms with E-state index in [2.05, 4.69) is 17.6 Å². The number of aliphatic hydroxyl groups excluding tert-OH is 1. The highest BCUT2D eigenvalue weighted by molar-refractivity contribution is 7.92. The molecule has 0 bridgehead atoms. The molecule has 11 heteroatoms. The number of carbonyl (C=O) groups is 2. The lowest BCUT2D eigenvalue weighted by molar-refractivity contribution is 0.0656. The van der Waals surface area contributed by atoms with E-state index in [0.717, 1.165) is 21.7 Å². The number of amides is 2. The predicted octanol–water partition coefficient (Wildman–Crippen LogP) is 4.87. The molecule has 4 rings (SSSR count). The number of furan rings is 1. The monoisotopic (exact) mass is 660 g/mol. The number of anilines is 1. The van der Waals surface area contributed by atoms with E-state index in [1.54, 1.807) is 26.0 Å². The van der Waals surface area contributed by atoms with E-state index in [-0.39, 0.29) is 29.4 Å². The van der Waals surface area contributed by atoms with Crippen LogP contribution in [0, 0.1) is 6.92 Å². The summed E-state index contributed by atoms with van der Waals surface area (Å²) in [7, 11) is -0.442. The maximum atomic E-state index is 13.9. The molecule has 0 radical (unpaired) electrons. The predicted molar refractivity (Wildman–Crippen MR) is 184 cm³/mol. The molecule has 0 aliphatic carbocycles. The van der Waals surface area contributed by atoms with Crippen molar-refractivity contribution in [2.24, 2.45) is 0 Å². The molecule has 0 saturated carbocycles. The minimum atomic E-state index is -3.72. The Balaban J connectivity index is 1.62. The summed E-state index contributed by atoms with van der Waals surface area (Å²) in [5, 5.41) is 17.3. The normalized spacial score (nSPS) is 14.2. The van der Waals surface area contributed by atoms with Crippen molar-refractivity contribution < 1.29 is 27.5 Å². The Hall–Kier alpha value is -4.45. The summed E-state index contributed by atoms with van der Waals surface area (Å²) in [5.74, 6) is 0.185. The summed E-state index contributed by atoms with van der Waals surface area (Å²) in [6.45, 7) is 5.89. The molecule has 1 unspecified atom stereocenters. The summed E-state index contributed by atoms with van der Waals surface area (Å²) in [6, 6.07) is 26.1. The van der Waals surface area contributed by atoms with Gasteiger partial charge in [-0.3, -0.25) is 18.8 Å². The number of nitrogens with one attached hydrogen (secondary N) is 2. The molecule has 3 N–H and O–H groups in total. The highest BCUT2D eigenvalue weighted by Gasteiger charge is 2.27. The van der Waals surface area contributed by atoms with Crippen molar-refractivity contribution in [3.8, 4) is 0 Å². The van der Waals surface area contributed by atoms with Crippen molar-refractivity contribution in [1.82, 2.24) is 15.5 Å². The molecule has 0 aliphatic heterocycles. The summed E-state index contributed by atoms with van der Waals surface area (Å²) < 4.78 is 31.6. The number of hydrogen-bond donors (Lipinski definition) is 3. The molecule has 0 spiro atoms. The molecule has 0 aliphatic rings. The Morgan fingerprint density at radius 2 is 1.43 bits per heavy atom. The van der Waals surface area contributed by atoms with Crippen LogP contribution in [0.2, 0.25) is 0 Å². The van der Waals surface area contributed by atoms with Gasteiger partial charge >= 0.3 is 0 Å². The molecule has 4 aromatic rings. The largest absolute Gasteiger partial charge is 0.464 e. The van der Waals surface area contributed by atoms with Crippen LogP contribution in [0.3, 0.4) is 0 Å². The van der Waals surface area contributed by atoms with E-state index in [4.69, 9.17) is 4.42 Å². The SMILES string of the molecule is Cc1ccc(C(C)NC(=O)c2cc(C(=O)N[C@@H](Cc3ccccc3)[C@H](O)CN(C)[C@@H](C)c3ccccc3)cc(N(C)S(C)(=O)=O)c2)o1. The number of carbonyl (C=O) groups excluding carboxylic acids is 2. The summed E-state index contributed by atoms with van der Waals surface area (Å²) in [6.07, 6.45) is 0.426. The first-order valence-corrected chi connectivity index (χ1v) is 17.3. The fraction of sp³-hybridized carbons (Fsp3) is 0.333. The molecular weight excluding hydrogens is 616 g/mol. The molecule has 47 heavy (non-hydrogen) atoms. The Bertz CT molecular complexity index is 1760. The fourth-order valence-corrected chi connectivity index (χ4v) is 5.74. The first-order chi connectivity index (χ1) is 22.2. The third kappa shape index (κ3) is 9.54. The van der Waals surface area contributed by atoms with Gasteiger partial charge in [-0.15, -0.1) is 0 Å². The Morgan fingerprint density at radius 1 is 0.851 bits per heavy atom. The lowest BCUT2D eigenvalue weighted by Crippen LogP contribution is -2.49. The standard InChI is InChI=1S/C36H44N4O6S/c1-24-17-18-34(46-24)25(2)37-35(42)29-20-30(22-31(21-29)40(5)47(6,44)45)36(43)38-32(19-27-13-9-7-10-14-27)33(41)23-39(4)26(3)28-15-11-8-12-16-28/h7-18,20-22,25-26,32-33,41H,19,23H2,1-6H3,(H,37,42)(H,38,43)/t25?,26-,32-,33+/m0/s1. The molecule has 10 nitrogen and oxygen atoms in total. The lowest BCUT2D eigenvalue weighted by atomic mass is 9.99. The molecule has 2 amide bonds. The Kier molecular flexibility index (Phi) is 11.6. The topological polar surface area (TPSA) is 132 Å². The van der Waals surface area contributed by atoms with Gasteiger partial charge in [0.25, 0.3) is 11.8 Å². The summed E-state index contributed by atoms with van der Waals surface area (Å²) >= 11 is 0. The zero-order valence-electron chi connectivity index (χ0n) is 27.7. The molecule has 1 heterocycles. The third-order valence-electron chi connectivity index (χ3n) is 8.34. The van der Waals surface area contributed by atoms with Crippen LogP contribution in [-0.2, 0) is 16.4 Å². The smallest absolute Gasteiger partial charge is 0.251 e. The number of likely N-dealkylation sites (N-methyl/N-ethyl adjacent to an activating group) is 1. The van der Waals surface area contributed by atoms with Crippen molar-refractivity contribution in [2.45, 2.75) is 51.4 Å². The van der Waals surface area contributed by atoms with Crippen LogP contribution in [0.5, 0.6) is 0 Å². The van der Waals surface area contributed by atoms with Crippen molar-refractivity contribution >= 4 is 27.5 Å². The van der Waals surface area contributed by atoms with Gasteiger partial charge in [-0.2, -0.15) is 0 Å². The zero-order valence-corrected chi connectivity index (χ0v) is 28.5. The number of aliphatic hydroxyl groups is 1. The number of nitrogens with zero attached hydrogens (tertiary/aromatic N) is 2. The quantitative estimate of drug-likeness (QED) is 0.176. The van der Waals surface area contributed by atoms with Gasteiger partial charge in [-0.05, 0) is 75.7 Å². The average Bonchev–Trinajstić information content (AvgIpc) is 3.50. The van der Waals surface area contributed by atoms with E-state index < -0.39 is 40.0 Å². The average molecular weight is 661 g/mol. The maximum absolute atomic E-state index is 13.9. The number of benzene rings is 3. The number of aryl methyl sites for hydroxylation is 1. The van der Waals surface area contributed by atoms with E-state index in [0.29, 0.717) is 17.9 Å². The second kappa shape index (κ2) is 15.4. The van der Waals surface area contributed by atoms with Crippen molar-refractivity contribution in [3.63, 3.8) is 0 Å². The van der Waals surface area contributed by atoms with E-state index in [1.165, 1.54) is 25.2 Å². The van der Waals surface area contributed by atoms with Crippen molar-refractivity contribution in [3.05, 3.63) is 125 Å². The van der Waals surface area contributed by atoms with Crippen LogP contribution in [0.4, 0.5) is 5.69 Å². The maximum Gasteiger partial charge on any atom is 0.251 e. The fourth-order valence-electron chi connectivity index (χ4n) is 5.25. The Labute approximate surface area is 277 Å². The van der Waals surface area contributed by atoms with Crippen LogP contribution in [-0.4, -0.2) is 69.3 Å². The number of hydrogen-bond acceptors (Lipinski definition) is 7. The summed E-state index contributed by atoms with van der Waals surface area (Å²) in [4.78, 5) is 29.3. The molecular formula is C36H44N4O6S. The van der Waals surface area contributed by atoms with Gasteiger partial charge in [0.15, 0.2) is 0 Å². The van der Waals surface area contributed by atoms with Crippen LogP contribution >= 0.6 is 0 Å². The Morgan fingerprint density at radius 3 is 1.98 bits per heavy atom. The van der Waals surface area contributed by atoms with Gasteiger partial charge in [0.2, 0.25) is 10.0 Å². The molecule has 0 saturated heterocycles. The first kappa shape index (κ1) is 35.4. The lowest BCUT2D eigenvalue weighted by Gasteiger charge is -2.31. The highest BCUT2D eigenvalue weighted by Crippen LogP contribution is 2.24. The second-order valence-corrected chi connectivity index (χ2v) is 14.0. The van der Waals surface area contributed by atoms with Gasteiger partial charge in [0.1, 0.15) is 11.5 Å². The molecule has 1 aromatic heterocycles. The molecule has 0 fully saturated rings. The number of sulfonamides is 1. The van der Waals surface area contributed by atoms with Crippen LogP contribution in [0.15, 0.2) is 95.4 Å². The first-order valence-electron chi connectivity index (χ1n) is 15.5. The minimum absolute atomic E-state index is 0.00990. The van der Waals surface area contributed by atoms with Gasteiger partial charge in [0, 0.05) is 30.8 Å². The highest BCUT2D eigenvalue weighted by atomic mass is 32.2. The third-order valence-corrected chi connectivity index (χ3v) is 9.54. The minimum Gasteiger partial charge on any atom is -0.464 e. The van der Waals surface area contributed by atoms with Crippen molar-refractivity contribution in [1.29, 1.82) is 0 Å². The van der Waals surface area contributed by atoms with E-state index in [9.17, 15) is 23.1 Å². The molecule has 250 valence electrons. The van der Waals surface area contributed by atoms with Crippen LogP contribution < -0.4 is 14.9 Å². The van der Waals surface area contributed by atoms with Crippen LogP contribution in [0.1, 0.15) is 69.3 Å². The van der Waals surface area contributed by atoms with E-state index >= 15 is 0 Å². The second-order valence-electron chi connectivity index (χ2n) is 12.0. The van der Waals surface area contributed by atoms with Gasteiger partial charge in [-0.1, -0.05) is 60.7 Å². The number of rotatable bonds is 14. The molecule has 3 aromatic carbocycles. The van der Waals surface area contributed by atoms with Gasteiger partial charge in [0.05, 0.1) is 30.1 Å². The van der Waals surface area contributed by atoms with Gasteiger partial charge in [-0.25, -0.2) is 8.42 Å². The van der Waals surface area contributed by atoms with E-state index in [1.807, 2.05) is 72.6 Å². The zero-order chi connectivity index (χ0) is 34.3. The molecule has 4 atom stereocenters. The van der Waals surface area contributed by atoms with Gasteiger partial charge < -0.3 is 20.2 Å². The summed E-state index contributed by atoms with van der Waals surface area (Å²) in [5.41, 5.74) is 2.32.